The van der Waals surface area contributed by atoms with Gasteiger partial charge in [-0.05, 0) is 106 Å². The molecule has 0 atom stereocenters. The van der Waals surface area contributed by atoms with E-state index in [-0.39, 0.29) is 5.91 Å². The number of anilines is 1. The van der Waals surface area contributed by atoms with Gasteiger partial charge in [0, 0.05) is 48.4 Å². The highest BCUT2D eigenvalue weighted by Gasteiger charge is 2.39. The highest BCUT2D eigenvalue weighted by atomic mass is 35.5. The van der Waals surface area contributed by atoms with Crippen LogP contribution in [0.1, 0.15) is 65.8 Å². The Hall–Kier alpha value is -3.46. The Bertz CT molecular complexity index is 1580. The number of piperidine rings is 2. The van der Waals surface area contributed by atoms with Crippen LogP contribution in [0, 0.1) is 0 Å². The van der Waals surface area contributed by atoms with E-state index in [1.54, 1.807) is 0 Å². The van der Waals surface area contributed by atoms with Crippen molar-refractivity contribution in [3.63, 3.8) is 0 Å². The molecule has 9 heteroatoms. The largest absolute Gasteiger partial charge is 0.385 e. The van der Waals surface area contributed by atoms with Crippen molar-refractivity contribution in [2.75, 3.05) is 38.1 Å². The summed E-state index contributed by atoms with van der Waals surface area (Å²) >= 11 is 6.06. The topological polar surface area (TPSA) is 77.2 Å². The van der Waals surface area contributed by atoms with Gasteiger partial charge in [-0.25, -0.2) is 9.50 Å². The van der Waals surface area contributed by atoms with Gasteiger partial charge in [0.2, 0.25) is 0 Å². The van der Waals surface area contributed by atoms with Crippen molar-refractivity contribution in [2.24, 2.45) is 0 Å². The molecule has 2 saturated heterocycles. The summed E-state index contributed by atoms with van der Waals surface area (Å²) in [5.41, 5.74) is 3.74. The number of aliphatic hydroxyl groups is 1. The lowest BCUT2D eigenvalue weighted by Crippen LogP contribution is -2.47. The molecule has 1 saturated carbocycles. The first-order chi connectivity index (χ1) is 20.9. The average molecular weight is 599 g/mol. The predicted molar refractivity (Wildman–Crippen MR) is 169 cm³/mol. The van der Waals surface area contributed by atoms with Crippen molar-refractivity contribution in [3.05, 3.63) is 94.4 Å². The molecule has 3 fully saturated rings. The van der Waals surface area contributed by atoms with Gasteiger partial charge in [-0.3, -0.25) is 4.79 Å². The summed E-state index contributed by atoms with van der Waals surface area (Å²) in [6, 6.07) is 20.4. The lowest BCUT2D eigenvalue weighted by Gasteiger charge is -2.39. The van der Waals surface area contributed by atoms with E-state index in [1.165, 1.54) is 0 Å². The molecule has 1 aliphatic carbocycles. The third-order valence-corrected chi connectivity index (χ3v) is 9.77. The highest BCUT2D eigenvalue weighted by Crippen LogP contribution is 2.36. The van der Waals surface area contributed by atoms with E-state index in [0.29, 0.717) is 49.5 Å². The summed E-state index contributed by atoms with van der Waals surface area (Å²) in [6.07, 6.45) is 8.12. The Morgan fingerprint density at radius 1 is 0.953 bits per heavy atom. The van der Waals surface area contributed by atoms with Crippen LogP contribution < -0.4 is 4.90 Å². The van der Waals surface area contributed by atoms with Crippen LogP contribution in [-0.4, -0.2) is 80.7 Å². The fourth-order valence-corrected chi connectivity index (χ4v) is 6.90. The lowest BCUT2D eigenvalue weighted by molar-refractivity contribution is 0.0118. The number of hydrogen-bond donors (Lipinski definition) is 1. The zero-order valence-corrected chi connectivity index (χ0v) is 25.5. The molecule has 2 aromatic heterocycles. The molecule has 8 nitrogen and oxygen atoms in total. The van der Waals surface area contributed by atoms with Crippen molar-refractivity contribution in [2.45, 2.75) is 62.6 Å². The van der Waals surface area contributed by atoms with Gasteiger partial charge in [0.05, 0.1) is 11.3 Å². The monoisotopic (exact) mass is 598 g/mol. The normalized spacial score (nSPS) is 19.6. The molecule has 4 aromatic rings. The first kappa shape index (κ1) is 28.3. The molecule has 224 valence electrons. The van der Waals surface area contributed by atoms with Gasteiger partial charge in [-0.15, -0.1) is 0 Å². The molecule has 2 aromatic carbocycles. The fraction of sp³-hybridized carbons (Fsp3) is 0.441. The van der Waals surface area contributed by atoms with E-state index in [0.717, 1.165) is 72.6 Å². The summed E-state index contributed by atoms with van der Waals surface area (Å²) in [7, 11) is 2.16. The van der Waals surface area contributed by atoms with Crippen LogP contribution in [0.25, 0.3) is 5.65 Å². The molecule has 2 aliphatic heterocycles. The van der Waals surface area contributed by atoms with Crippen LogP contribution in [-0.2, 0) is 12.0 Å². The number of hydrogen-bond acceptors (Lipinski definition) is 6. The first-order valence-corrected chi connectivity index (χ1v) is 15.9. The number of rotatable bonds is 7. The van der Waals surface area contributed by atoms with Gasteiger partial charge >= 0.3 is 0 Å². The number of benzene rings is 2. The molecule has 0 unspecified atom stereocenters. The number of aromatic nitrogens is 3. The minimum atomic E-state index is -0.860. The van der Waals surface area contributed by atoms with Crippen molar-refractivity contribution in [1.29, 1.82) is 0 Å². The smallest absolute Gasteiger partial charge is 0.254 e. The molecular formula is C34H39ClN6O2. The van der Waals surface area contributed by atoms with Gasteiger partial charge in [-0.2, -0.15) is 5.10 Å². The minimum absolute atomic E-state index is 0.170. The van der Waals surface area contributed by atoms with Crippen molar-refractivity contribution in [3.8, 4) is 0 Å². The second kappa shape index (κ2) is 11.6. The second-order valence-electron chi connectivity index (χ2n) is 12.6. The molecule has 1 amide bonds. The quantitative estimate of drug-likeness (QED) is 0.317. The van der Waals surface area contributed by atoms with Crippen LogP contribution in [0.4, 0.5) is 5.69 Å². The second-order valence-corrected chi connectivity index (χ2v) is 13.0. The fourth-order valence-electron chi connectivity index (χ4n) is 6.78. The minimum Gasteiger partial charge on any atom is -0.385 e. The average Bonchev–Trinajstić information content (AvgIpc) is 3.77. The maximum Gasteiger partial charge on any atom is 0.254 e. The van der Waals surface area contributed by atoms with Crippen LogP contribution in [0.15, 0.2) is 66.9 Å². The molecule has 1 N–H and O–H groups in total. The van der Waals surface area contributed by atoms with Crippen molar-refractivity contribution < 1.29 is 9.90 Å². The lowest BCUT2D eigenvalue weighted by atomic mass is 9.84. The van der Waals surface area contributed by atoms with Crippen molar-refractivity contribution >= 4 is 28.8 Å². The third kappa shape index (κ3) is 5.88. The maximum atomic E-state index is 13.6. The number of likely N-dealkylation sites (tertiary alicyclic amines) is 1. The molecule has 0 spiro atoms. The Labute approximate surface area is 257 Å². The number of nitrogens with zero attached hydrogens (tertiary/aromatic N) is 6. The first-order valence-electron chi connectivity index (χ1n) is 15.5. The standard InChI is InChI=1S/C34H39ClN6O2/c1-38-19-14-29(15-20-38)41(28-12-13-28)33(42)25-6-4-24(5-7-25)23-31-36-32-30(3-2-18-40(32)37-31)39-21-16-34(43,17-22-39)26-8-10-27(35)11-9-26/h2-11,18,28-29,43H,12-17,19-23H2,1H3. The zero-order chi connectivity index (χ0) is 29.6. The predicted octanol–water partition coefficient (Wildman–Crippen LogP) is 5.16. The Balaban J connectivity index is 1.03. The SMILES string of the molecule is CN1CCC(N(C(=O)c2ccc(Cc3nc4c(N5CCC(O)(c6ccc(Cl)cc6)CC5)cccn4n3)cc2)C2CC2)CC1. The molecule has 0 radical (unpaired) electrons. The summed E-state index contributed by atoms with van der Waals surface area (Å²) in [6.45, 7) is 3.53. The van der Waals surface area contributed by atoms with E-state index < -0.39 is 5.60 Å². The Kier molecular flexibility index (Phi) is 7.61. The molecule has 4 heterocycles. The summed E-state index contributed by atoms with van der Waals surface area (Å²) < 4.78 is 1.84. The highest BCUT2D eigenvalue weighted by molar-refractivity contribution is 6.30. The van der Waals surface area contributed by atoms with E-state index >= 15 is 0 Å². The summed E-state index contributed by atoms with van der Waals surface area (Å²) in [4.78, 5) is 25.3. The third-order valence-electron chi connectivity index (χ3n) is 9.52. The van der Waals surface area contributed by atoms with Crippen LogP contribution >= 0.6 is 11.6 Å². The Morgan fingerprint density at radius 3 is 2.30 bits per heavy atom. The molecule has 43 heavy (non-hydrogen) atoms. The van der Waals surface area contributed by atoms with Crippen LogP contribution in [0.3, 0.4) is 0 Å². The van der Waals surface area contributed by atoms with Gasteiger partial charge in [0.1, 0.15) is 0 Å². The van der Waals surface area contributed by atoms with Crippen molar-refractivity contribution in [1.82, 2.24) is 24.4 Å². The van der Waals surface area contributed by atoms with Gasteiger partial charge in [-0.1, -0.05) is 35.9 Å². The number of halogens is 1. The number of pyridine rings is 1. The summed E-state index contributed by atoms with van der Waals surface area (Å²) in [5, 5.41) is 16.8. The van der Waals surface area contributed by atoms with Crippen LogP contribution in [0.5, 0.6) is 0 Å². The number of fused-ring (bicyclic) bond motifs is 1. The maximum absolute atomic E-state index is 13.6. The van der Waals surface area contributed by atoms with E-state index in [9.17, 15) is 9.90 Å². The van der Waals surface area contributed by atoms with Gasteiger partial charge in [0.15, 0.2) is 11.5 Å². The molecular weight excluding hydrogens is 560 g/mol. The molecule has 7 rings (SSSR count). The van der Waals surface area contributed by atoms with E-state index in [4.69, 9.17) is 21.7 Å². The molecule has 3 aliphatic rings. The van der Waals surface area contributed by atoms with Gasteiger partial charge < -0.3 is 19.8 Å². The molecule has 0 bridgehead atoms. The van der Waals surface area contributed by atoms with E-state index in [1.807, 2.05) is 65.3 Å². The van der Waals surface area contributed by atoms with Crippen LogP contribution in [0.2, 0.25) is 5.02 Å². The zero-order valence-electron chi connectivity index (χ0n) is 24.7. The van der Waals surface area contributed by atoms with Gasteiger partial charge in [0.25, 0.3) is 5.91 Å². The summed E-state index contributed by atoms with van der Waals surface area (Å²) in [5.74, 6) is 0.913. The number of carbonyl (C=O) groups excluding carboxylic acids is 1. The van der Waals surface area contributed by atoms with E-state index in [2.05, 4.69) is 27.8 Å². The Morgan fingerprint density at radius 2 is 1.63 bits per heavy atom. The number of amides is 1. The number of carbonyl (C=O) groups is 1.